The molecule has 0 heterocycles. The van der Waals surface area contributed by atoms with Crippen LogP contribution >= 0.6 is 0 Å². The monoisotopic (exact) mass is 267 g/mol. The molecule has 19 heavy (non-hydrogen) atoms. The second kappa shape index (κ2) is 6.24. The highest BCUT2D eigenvalue weighted by Gasteiger charge is 2.31. The Hall–Kier alpha value is -1.29. The number of halogens is 2. The quantitative estimate of drug-likeness (QED) is 0.706. The van der Waals surface area contributed by atoms with Gasteiger partial charge in [0.2, 0.25) is 0 Å². The molecule has 0 spiro atoms. The minimum Gasteiger partial charge on any atom is -0.293 e. The maximum Gasteiger partial charge on any atom is 0.182 e. The van der Waals surface area contributed by atoms with Gasteiger partial charge in [-0.05, 0) is 37.9 Å². The van der Waals surface area contributed by atoms with Crippen molar-refractivity contribution < 1.29 is 13.6 Å². The number of hydrogen-bond donors (Lipinski definition) is 0. The minimum atomic E-state index is -0.767. The van der Waals surface area contributed by atoms with E-state index in [9.17, 15) is 13.6 Å². The normalized spacial score (nSPS) is 14.9. The molecule has 0 amide bonds. The molecule has 1 saturated carbocycles. The third-order valence-electron chi connectivity index (χ3n) is 3.45. The van der Waals surface area contributed by atoms with Crippen LogP contribution in [0.15, 0.2) is 18.2 Å². The van der Waals surface area contributed by atoms with E-state index in [-0.39, 0.29) is 6.54 Å². The van der Waals surface area contributed by atoms with Crippen molar-refractivity contribution in [2.75, 3.05) is 13.1 Å². The van der Waals surface area contributed by atoms with Gasteiger partial charge in [0.1, 0.15) is 11.6 Å². The van der Waals surface area contributed by atoms with E-state index in [0.29, 0.717) is 6.04 Å². The predicted octanol–water partition coefficient (Wildman–Crippen LogP) is 3.41. The standard InChI is InChI=1S/C15H19F2NO/c1-2-3-9-18(11-7-8-11)10-14(19)15-12(16)5-4-6-13(15)17/h4-6,11H,2-3,7-10H2,1H3. The van der Waals surface area contributed by atoms with Gasteiger partial charge in [-0.3, -0.25) is 9.69 Å². The van der Waals surface area contributed by atoms with Crippen LogP contribution in [0.5, 0.6) is 0 Å². The molecule has 0 atom stereocenters. The lowest BCUT2D eigenvalue weighted by atomic mass is 10.1. The summed E-state index contributed by atoms with van der Waals surface area (Å²) in [6.07, 6.45) is 4.21. The molecule has 104 valence electrons. The van der Waals surface area contributed by atoms with Gasteiger partial charge in [-0.1, -0.05) is 19.4 Å². The van der Waals surface area contributed by atoms with Gasteiger partial charge in [0.25, 0.3) is 0 Å². The first-order valence-electron chi connectivity index (χ1n) is 6.84. The van der Waals surface area contributed by atoms with Crippen molar-refractivity contribution in [3.8, 4) is 0 Å². The van der Waals surface area contributed by atoms with Crippen molar-refractivity contribution in [3.05, 3.63) is 35.4 Å². The summed E-state index contributed by atoms with van der Waals surface area (Å²) in [7, 11) is 0. The molecule has 2 nitrogen and oxygen atoms in total. The number of ketones is 1. The molecule has 0 radical (unpaired) electrons. The third-order valence-corrected chi connectivity index (χ3v) is 3.45. The van der Waals surface area contributed by atoms with Crippen LogP contribution in [0.1, 0.15) is 43.0 Å². The first kappa shape index (κ1) is 14.1. The highest BCUT2D eigenvalue weighted by molar-refractivity contribution is 5.98. The van der Waals surface area contributed by atoms with Gasteiger partial charge in [0, 0.05) is 6.04 Å². The molecule has 1 aliphatic rings. The summed E-state index contributed by atoms with van der Waals surface area (Å²) in [5.74, 6) is -1.99. The summed E-state index contributed by atoms with van der Waals surface area (Å²) in [6, 6.07) is 3.95. The second-order valence-corrected chi connectivity index (χ2v) is 5.08. The number of hydrogen-bond acceptors (Lipinski definition) is 2. The van der Waals surface area contributed by atoms with E-state index in [1.807, 2.05) is 0 Å². The Kier molecular flexibility index (Phi) is 4.64. The lowest BCUT2D eigenvalue weighted by Crippen LogP contribution is -2.33. The van der Waals surface area contributed by atoms with Gasteiger partial charge in [0.15, 0.2) is 5.78 Å². The molecule has 0 unspecified atom stereocenters. The highest BCUT2D eigenvalue weighted by Crippen LogP contribution is 2.27. The van der Waals surface area contributed by atoms with Crippen molar-refractivity contribution in [1.82, 2.24) is 4.90 Å². The van der Waals surface area contributed by atoms with Crippen LogP contribution in [0.3, 0.4) is 0 Å². The average Bonchev–Trinajstić information content (AvgIpc) is 3.18. The van der Waals surface area contributed by atoms with Crippen molar-refractivity contribution >= 4 is 5.78 Å². The molecule has 1 fully saturated rings. The summed E-state index contributed by atoms with van der Waals surface area (Å²) < 4.78 is 27.1. The maximum atomic E-state index is 13.5. The van der Waals surface area contributed by atoms with Crippen molar-refractivity contribution in [2.45, 2.75) is 38.6 Å². The zero-order valence-corrected chi connectivity index (χ0v) is 11.2. The summed E-state index contributed by atoms with van der Waals surface area (Å²) in [6.45, 7) is 3.02. The third kappa shape index (κ3) is 3.60. The van der Waals surface area contributed by atoms with Gasteiger partial charge in [0.05, 0.1) is 12.1 Å². The first-order chi connectivity index (χ1) is 9.13. The smallest absolute Gasteiger partial charge is 0.182 e. The first-order valence-corrected chi connectivity index (χ1v) is 6.84. The summed E-state index contributed by atoms with van der Waals surface area (Å²) >= 11 is 0. The molecule has 1 aliphatic carbocycles. The molecule has 2 rings (SSSR count). The van der Waals surface area contributed by atoms with Crippen molar-refractivity contribution in [1.29, 1.82) is 0 Å². The van der Waals surface area contributed by atoms with Crippen LogP contribution in [0.4, 0.5) is 8.78 Å². The Morgan fingerprint density at radius 2 is 1.95 bits per heavy atom. The molecule has 0 saturated heterocycles. The van der Waals surface area contributed by atoms with Gasteiger partial charge < -0.3 is 0 Å². The number of nitrogens with zero attached hydrogens (tertiary/aromatic N) is 1. The van der Waals surface area contributed by atoms with E-state index >= 15 is 0 Å². The van der Waals surface area contributed by atoms with Crippen LogP contribution in [0, 0.1) is 11.6 Å². The summed E-state index contributed by atoms with van der Waals surface area (Å²) in [4.78, 5) is 14.1. The number of rotatable bonds is 7. The van der Waals surface area contributed by atoms with Crippen LogP contribution in [-0.2, 0) is 0 Å². The lowest BCUT2D eigenvalue weighted by Gasteiger charge is -2.21. The SMILES string of the molecule is CCCCN(CC(=O)c1c(F)cccc1F)C1CC1. The van der Waals surface area contributed by atoms with Crippen LogP contribution in [0.25, 0.3) is 0 Å². The van der Waals surface area contributed by atoms with Crippen molar-refractivity contribution in [2.24, 2.45) is 0 Å². The number of benzene rings is 1. The summed E-state index contributed by atoms with van der Waals surface area (Å²) in [5.41, 5.74) is -0.398. The highest BCUT2D eigenvalue weighted by atomic mass is 19.1. The van der Waals surface area contributed by atoms with Crippen LogP contribution < -0.4 is 0 Å². The average molecular weight is 267 g/mol. The van der Waals surface area contributed by atoms with Crippen LogP contribution in [0.2, 0.25) is 0 Å². The van der Waals surface area contributed by atoms with Gasteiger partial charge in [-0.25, -0.2) is 8.78 Å². The van der Waals surface area contributed by atoms with E-state index in [4.69, 9.17) is 0 Å². The largest absolute Gasteiger partial charge is 0.293 e. The van der Waals surface area contributed by atoms with Crippen molar-refractivity contribution in [3.63, 3.8) is 0 Å². The molecule has 0 bridgehead atoms. The zero-order valence-electron chi connectivity index (χ0n) is 11.2. The molecule has 0 N–H and O–H groups in total. The molecular formula is C15H19F2NO. The Labute approximate surface area is 112 Å². The van der Waals surface area contributed by atoms with E-state index in [1.165, 1.54) is 6.07 Å². The topological polar surface area (TPSA) is 20.3 Å². The fraction of sp³-hybridized carbons (Fsp3) is 0.533. The molecule has 1 aromatic carbocycles. The second-order valence-electron chi connectivity index (χ2n) is 5.08. The fourth-order valence-electron chi connectivity index (χ4n) is 2.22. The number of carbonyl (C=O) groups is 1. The number of Topliss-reactive ketones (excluding diaryl/α,β-unsaturated/α-hetero) is 1. The minimum absolute atomic E-state index is 0.114. The zero-order chi connectivity index (χ0) is 13.8. The molecule has 0 aliphatic heterocycles. The van der Waals surface area contributed by atoms with E-state index in [1.54, 1.807) is 0 Å². The Balaban J connectivity index is 2.06. The van der Waals surface area contributed by atoms with Gasteiger partial charge >= 0.3 is 0 Å². The van der Waals surface area contributed by atoms with Gasteiger partial charge in [-0.15, -0.1) is 0 Å². The van der Waals surface area contributed by atoms with Crippen LogP contribution in [-0.4, -0.2) is 29.8 Å². The molecule has 0 aromatic heterocycles. The molecular weight excluding hydrogens is 248 g/mol. The Bertz CT molecular complexity index is 437. The lowest BCUT2D eigenvalue weighted by molar-refractivity contribution is 0.0915. The molecule has 1 aromatic rings. The Morgan fingerprint density at radius 3 is 2.47 bits per heavy atom. The Morgan fingerprint density at radius 1 is 1.32 bits per heavy atom. The molecule has 4 heteroatoms. The van der Waals surface area contributed by atoms with E-state index in [2.05, 4.69) is 11.8 Å². The number of unbranched alkanes of at least 4 members (excludes halogenated alkanes) is 1. The predicted molar refractivity (Wildman–Crippen MR) is 70.2 cm³/mol. The van der Waals surface area contributed by atoms with E-state index in [0.717, 1.165) is 44.4 Å². The number of carbonyl (C=O) groups excluding carboxylic acids is 1. The summed E-state index contributed by atoms with van der Waals surface area (Å²) in [5, 5.41) is 0. The van der Waals surface area contributed by atoms with E-state index < -0.39 is 23.0 Å². The fourth-order valence-corrected chi connectivity index (χ4v) is 2.22. The van der Waals surface area contributed by atoms with Gasteiger partial charge in [-0.2, -0.15) is 0 Å². The maximum absolute atomic E-state index is 13.5.